The molecule has 0 spiro atoms. The Morgan fingerprint density at radius 1 is 1.47 bits per heavy atom. The van der Waals surface area contributed by atoms with Crippen LogP contribution in [0.1, 0.15) is 6.92 Å². The third kappa shape index (κ3) is 2.68. The van der Waals surface area contributed by atoms with Crippen LogP contribution in [-0.2, 0) is 6.54 Å². The minimum absolute atomic E-state index is 0.284. The number of thiazole rings is 1. The number of nitrogens with two attached hydrogens (primary N) is 1. The molecule has 3 aromatic rings. The van der Waals surface area contributed by atoms with E-state index in [2.05, 4.69) is 22.2 Å². The highest BCUT2D eigenvalue weighted by atomic mass is 32.1. The topological polar surface area (TPSA) is 68.8 Å². The van der Waals surface area contributed by atoms with Crippen molar-refractivity contribution < 1.29 is 0 Å². The largest absolute Gasteiger partial charge is 0.399 e. The van der Waals surface area contributed by atoms with Crippen molar-refractivity contribution in [2.75, 3.05) is 11.1 Å². The molecule has 0 aliphatic carbocycles. The van der Waals surface area contributed by atoms with Gasteiger partial charge in [-0.05, 0) is 25.1 Å². The van der Waals surface area contributed by atoms with Gasteiger partial charge < -0.3 is 15.6 Å². The van der Waals surface area contributed by atoms with Crippen LogP contribution in [0, 0.1) is 0 Å². The number of aromatic nitrogens is 3. The van der Waals surface area contributed by atoms with Crippen LogP contribution < -0.4 is 11.1 Å². The highest BCUT2D eigenvalue weighted by Crippen LogP contribution is 2.27. The number of hydrogen-bond acceptors (Lipinski definition) is 5. The molecular formula is C13H15N5S. The van der Waals surface area contributed by atoms with E-state index in [4.69, 9.17) is 5.73 Å². The van der Waals surface area contributed by atoms with E-state index >= 15 is 0 Å². The van der Waals surface area contributed by atoms with Crippen LogP contribution in [0.15, 0.2) is 36.9 Å². The normalized spacial score (nSPS) is 12.7. The Morgan fingerprint density at radius 2 is 2.37 bits per heavy atom. The first kappa shape index (κ1) is 12.0. The SMILES string of the molecule is CC(Cn1ccnc1)Nc1nc2ccc(N)cc2s1. The quantitative estimate of drug-likeness (QED) is 0.717. The molecule has 0 amide bonds. The van der Waals surface area contributed by atoms with E-state index < -0.39 is 0 Å². The Balaban J connectivity index is 1.74. The van der Waals surface area contributed by atoms with E-state index in [9.17, 15) is 0 Å². The summed E-state index contributed by atoms with van der Waals surface area (Å²) in [5, 5.41) is 4.33. The summed E-state index contributed by atoms with van der Waals surface area (Å²) in [4.78, 5) is 8.59. The molecule has 5 nitrogen and oxygen atoms in total. The van der Waals surface area contributed by atoms with E-state index in [1.54, 1.807) is 17.5 Å². The molecule has 2 aromatic heterocycles. The zero-order valence-electron chi connectivity index (χ0n) is 10.6. The maximum absolute atomic E-state index is 5.77. The van der Waals surface area contributed by atoms with Crippen molar-refractivity contribution in [2.24, 2.45) is 0 Å². The van der Waals surface area contributed by atoms with Gasteiger partial charge in [-0.15, -0.1) is 0 Å². The van der Waals surface area contributed by atoms with Gasteiger partial charge in [-0.1, -0.05) is 11.3 Å². The Hall–Kier alpha value is -2.08. The second-order valence-electron chi connectivity index (χ2n) is 4.55. The van der Waals surface area contributed by atoms with Crippen LogP contribution in [0.25, 0.3) is 10.2 Å². The molecule has 1 unspecified atom stereocenters. The zero-order chi connectivity index (χ0) is 13.2. The predicted molar refractivity (Wildman–Crippen MR) is 79.3 cm³/mol. The lowest BCUT2D eigenvalue weighted by Crippen LogP contribution is -2.21. The fraction of sp³-hybridized carbons (Fsp3) is 0.231. The van der Waals surface area contributed by atoms with Crippen LogP contribution in [0.5, 0.6) is 0 Å². The number of benzene rings is 1. The third-order valence-electron chi connectivity index (χ3n) is 2.83. The maximum Gasteiger partial charge on any atom is 0.184 e. The molecule has 3 N–H and O–H groups in total. The number of imidazole rings is 1. The van der Waals surface area contributed by atoms with Gasteiger partial charge in [0, 0.05) is 30.7 Å². The van der Waals surface area contributed by atoms with Gasteiger partial charge in [0.2, 0.25) is 0 Å². The average Bonchev–Trinajstić information content (AvgIpc) is 2.97. The van der Waals surface area contributed by atoms with Gasteiger partial charge in [0.15, 0.2) is 5.13 Å². The number of nitrogens with one attached hydrogen (secondary N) is 1. The molecule has 1 atom stereocenters. The first-order valence-electron chi connectivity index (χ1n) is 6.09. The molecule has 2 heterocycles. The van der Waals surface area contributed by atoms with Crippen molar-refractivity contribution in [3.8, 4) is 0 Å². The van der Waals surface area contributed by atoms with Crippen LogP contribution in [-0.4, -0.2) is 20.6 Å². The molecule has 0 radical (unpaired) electrons. The Bertz CT molecular complexity index is 673. The first-order valence-corrected chi connectivity index (χ1v) is 6.91. The van der Waals surface area contributed by atoms with Crippen molar-refractivity contribution >= 4 is 32.4 Å². The number of anilines is 2. The van der Waals surface area contributed by atoms with Gasteiger partial charge in [-0.2, -0.15) is 0 Å². The molecular weight excluding hydrogens is 258 g/mol. The lowest BCUT2D eigenvalue weighted by Gasteiger charge is -2.12. The molecule has 19 heavy (non-hydrogen) atoms. The summed E-state index contributed by atoms with van der Waals surface area (Å²) in [6, 6.07) is 6.07. The number of fused-ring (bicyclic) bond motifs is 1. The maximum atomic E-state index is 5.77. The van der Waals surface area contributed by atoms with Crippen molar-refractivity contribution in [1.82, 2.24) is 14.5 Å². The molecule has 98 valence electrons. The molecule has 0 fully saturated rings. The van der Waals surface area contributed by atoms with Crippen molar-refractivity contribution in [3.05, 3.63) is 36.9 Å². The second-order valence-corrected chi connectivity index (χ2v) is 5.58. The van der Waals surface area contributed by atoms with E-state index in [0.29, 0.717) is 0 Å². The predicted octanol–water partition coefficient (Wildman–Crippen LogP) is 2.58. The standard InChI is InChI=1S/C13H15N5S/c1-9(7-18-5-4-15-8-18)16-13-17-11-3-2-10(14)6-12(11)19-13/h2-6,8-9H,7,14H2,1H3,(H,16,17). The summed E-state index contributed by atoms with van der Waals surface area (Å²) in [7, 11) is 0. The average molecular weight is 273 g/mol. The minimum Gasteiger partial charge on any atom is -0.399 e. The fourth-order valence-corrected chi connectivity index (χ4v) is 3.00. The van der Waals surface area contributed by atoms with Crippen molar-refractivity contribution in [2.45, 2.75) is 19.5 Å². The second kappa shape index (κ2) is 4.89. The number of nitrogens with zero attached hydrogens (tertiary/aromatic N) is 3. The molecule has 1 aromatic carbocycles. The van der Waals surface area contributed by atoms with Crippen molar-refractivity contribution in [3.63, 3.8) is 0 Å². The van der Waals surface area contributed by atoms with Crippen LogP contribution in [0.4, 0.5) is 10.8 Å². The number of nitrogen functional groups attached to an aromatic ring is 1. The zero-order valence-corrected chi connectivity index (χ0v) is 11.4. The summed E-state index contributed by atoms with van der Waals surface area (Å²) in [5.74, 6) is 0. The number of hydrogen-bond donors (Lipinski definition) is 2. The first-order chi connectivity index (χ1) is 9.20. The summed E-state index contributed by atoms with van der Waals surface area (Å²) < 4.78 is 3.15. The molecule has 0 aliphatic heterocycles. The van der Waals surface area contributed by atoms with Crippen LogP contribution >= 0.6 is 11.3 Å². The Labute approximate surface area is 115 Å². The molecule has 0 saturated heterocycles. The van der Waals surface area contributed by atoms with E-state index in [-0.39, 0.29) is 6.04 Å². The molecule has 3 rings (SSSR count). The van der Waals surface area contributed by atoms with Crippen LogP contribution in [0.3, 0.4) is 0 Å². The highest BCUT2D eigenvalue weighted by Gasteiger charge is 2.08. The minimum atomic E-state index is 0.284. The fourth-order valence-electron chi connectivity index (χ4n) is 1.97. The molecule has 0 saturated carbocycles. The third-order valence-corrected chi connectivity index (χ3v) is 3.78. The smallest absolute Gasteiger partial charge is 0.184 e. The summed E-state index contributed by atoms with van der Waals surface area (Å²) >= 11 is 1.63. The highest BCUT2D eigenvalue weighted by molar-refractivity contribution is 7.22. The Kier molecular flexibility index (Phi) is 3.08. The Morgan fingerprint density at radius 3 is 3.16 bits per heavy atom. The molecule has 0 aliphatic rings. The summed E-state index contributed by atoms with van der Waals surface area (Å²) in [6.45, 7) is 2.98. The monoisotopic (exact) mass is 273 g/mol. The van der Waals surface area contributed by atoms with Gasteiger partial charge in [0.1, 0.15) is 0 Å². The van der Waals surface area contributed by atoms with E-state index in [1.807, 2.05) is 35.3 Å². The molecule has 0 bridgehead atoms. The van der Waals surface area contributed by atoms with Crippen molar-refractivity contribution in [1.29, 1.82) is 0 Å². The number of rotatable bonds is 4. The van der Waals surface area contributed by atoms with Gasteiger partial charge in [0.25, 0.3) is 0 Å². The summed E-state index contributed by atoms with van der Waals surface area (Å²) in [5.41, 5.74) is 7.53. The van der Waals surface area contributed by atoms with E-state index in [0.717, 1.165) is 27.6 Å². The van der Waals surface area contributed by atoms with Gasteiger partial charge in [0.05, 0.1) is 16.5 Å². The summed E-state index contributed by atoms with van der Waals surface area (Å²) in [6.07, 6.45) is 5.56. The molecule has 6 heteroatoms. The van der Waals surface area contributed by atoms with Gasteiger partial charge in [-0.3, -0.25) is 0 Å². The lowest BCUT2D eigenvalue weighted by atomic mass is 10.3. The van der Waals surface area contributed by atoms with Gasteiger partial charge >= 0.3 is 0 Å². The lowest BCUT2D eigenvalue weighted by molar-refractivity contribution is 0.618. The van der Waals surface area contributed by atoms with E-state index in [1.165, 1.54) is 0 Å². The van der Waals surface area contributed by atoms with Crippen LogP contribution in [0.2, 0.25) is 0 Å². The van der Waals surface area contributed by atoms with Gasteiger partial charge in [-0.25, -0.2) is 9.97 Å².